The molecule has 1 fully saturated rings. The molecular formula is C33H39N3O. The lowest BCUT2D eigenvalue weighted by Crippen LogP contribution is -2.33. The van der Waals surface area contributed by atoms with Crippen LogP contribution in [0.2, 0.25) is 0 Å². The fourth-order valence-electron chi connectivity index (χ4n) is 5.60. The molecule has 1 aliphatic heterocycles. The summed E-state index contributed by atoms with van der Waals surface area (Å²) in [6, 6.07) is 25.9. The van der Waals surface area contributed by atoms with Crippen molar-refractivity contribution in [2.45, 2.75) is 52.4 Å². The van der Waals surface area contributed by atoms with Gasteiger partial charge in [-0.2, -0.15) is 0 Å². The van der Waals surface area contributed by atoms with Crippen LogP contribution in [0.4, 0.5) is 5.69 Å². The molecular weight excluding hydrogens is 454 g/mol. The summed E-state index contributed by atoms with van der Waals surface area (Å²) >= 11 is 0. The zero-order valence-electron chi connectivity index (χ0n) is 22.4. The third-order valence-electron chi connectivity index (χ3n) is 7.76. The summed E-state index contributed by atoms with van der Waals surface area (Å²) in [5, 5.41) is 4.41. The van der Waals surface area contributed by atoms with Gasteiger partial charge in [-0.05, 0) is 99.1 Å². The molecule has 0 atom stereocenters. The molecule has 0 radical (unpaired) electrons. The van der Waals surface area contributed by atoms with Gasteiger partial charge in [-0.15, -0.1) is 0 Å². The molecule has 0 spiro atoms. The normalized spacial score (nSPS) is 14.9. The first-order valence-electron chi connectivity index (χ1n) is 13.8. The molecule has 0 bridgehead atoms. The van der Waals surface area contributed by atoms with Crippen molar-refractivity contribution in [3.05, 3.63) is 89.5 Å². The minimum atomic E-state index is -0.0102. The Kier molecular flexibility index (Phi) is 7.76. The second-order valence-corrected chi connectivity index (χ2v) is 10.9. The fourth-order valence-corrected chi connectivity index (χ4v) is 5.60. The summed E-state index contributed by atoms with van der Waals surface area (Å²) in [4.78, 5) is 18.4. The Bertz CT molecular complexity index is 1350. The molecule has 5 rings (SSSR count). The highest BCUT2D eigenvalue weighted by Crippen LogP contribution is 2.33. The smallest absolute Gasteiger partial charge is 0.226 e. The lowest BCUT2D eigenvalue weighted by Gasteiger charge is -2.32. The second-order valence-electron chi connectivity index (χ2n) is 10.9. The predicted octanol–water partition coefficient (Wildman–Crippen LogP) is 7.55. The van der Waals surface area contributed by atoms with Gasteiger partial charge in [-0.25, -0.2) is 0 Å². The number of H-pyrrole nitrogens is 1. The maximum atomic E-state index is 12.1. The number of hydrogen-bond donors (Lipinski definition) is 2. The first-order chi connectivity index (χ1) is 18.0. The highest BCUT2D eigenvalue weighted by Gasteiger charge is 2.21. The van der Waals surface area contributed by atoms with Crippen molar-refractivity contribution in [2.75, 3.05) is 25.0 Å². The van der Waals surface area contributed by atoms with Crippen molar-refractivity contribution < 1.29 is 4.79 Å². The van der Waals surface area contributed by atoms with E-state index in [4.69, 9.17) is 0 Å². The van der Waals surface area contributed by atoms with Crippen molar-refractivity contribution in [1.82, 2.24) is 9.88 Å². The summed E-state index contributed by atoms with van der Waals surface area (Å²) in [7, 11) is 0. The standard InChI is InChI=1S/C33H39N3O/c1-23(2)33(37)34-28-12-7-11-27(22-28)25-16-19-36(20-17-25)18-8-13-29-30-21-24(3)14-15-31(30)35-32(29)26-9-5-4-6-10-26/h4-7,9-12,14-15,21-23,25,35H,8,13,16-20H2,1-3H3,(H,34,37). The van der Waals surface area contributed by atoms with Crippen molar-refractivity contribution in [2.24, 2.45) is 5.92 Å². The van der Waals surface area contributed by atoms with E-state index in [1.54, 1.807) is 0 Å². The van der Waals surface area contributed by atoms with Crippen molar-refractivity contribution in [1.29, 1.82) is 0 Å². The van der Waals surface area contributed by atoms with Gasteiger partial charge >= 0.3 is 0 Å². The first kappa shape index (κ1) is 25.3. The Labute approximate surface area is 221 Å². The van der Waals surface area contributed by atoms with E-state index >= 15 is 0 Å². The third-order valence-corrected chi connectivity index (χ3v) is 7.76. The molecule has 4 heteroatoms. The Morgan fingerprint density at radius 3 is 2.54 bits per heavy atom. The molecule has 4 aromatic rings. The van der Waals surface area contributed by atoms with Crippen molar-refractivity contribution in [3.8, 4) is 11.3 Å². The van der Waals surface area contributed by atoms with Gasteiger partial charge in [0.1, 0.15) is 0 Å². The van der Waals surface area contributed by atoms with Crippen LogP contribution in [0, 0.1) is 12.8 Å². The number of nitrogens with one attached hydrogen (secondary N) is 2. The topological polar surface area (TPSA) is 48.1 Å². The van der Waals surface area contributed by atoms with Gasteiger partial charge < -0.3 is 15.2 Å². The Balaban J connectivity index is 1.20. The monoisotopic (exact) mass is 493 g/mol. The van der Waals surface area contributed by atoms with E-state index in [2.05, 4.69) is 88.9 Å². The van der Waals surface area contributed by atoms with E-state index in [0.717, 1.165) is 38.2 Å². The van der Waals surface area contributed by atoms with Crippen LogP contribution in [0.5, 0.6) is 0 Å². The largest absolute Gasteiger partial charge is 0.354 e. The summed E-state index contributed by atoms with van der Waals surface area (Å²) in [6.45, 7) is 9.42. The maximum absolute atomic E-state index is 12.1. The molecule has 0 unspecified atom stereocenters. The average molecular weight is 494 g/mol. The number of rotatable bonds is 8. The van der Waals surface area contributed by atoms with E-state index in [1.807, 2.05) is 19.9 Å². The second kappa shape index (κ2) is 11.4. The predicted molar refractivity (Wildman–Crippen MR) is 155 cm³/mol. The zero-order chi connectivity index (χ0) is 25.8. The van der Waals surface area contributed by atoms with Gasteiger partial charge in [0, 0.05) is 28.2 Å². The summed E-state index contributed by atoms with van der Waals surface area (Å²) in [6.07, 6.45) is 4.57. The van der Waals surface area contributed by atoms with Gasteiger partial charge in [0.05, 0.1) is 0 Å². The molecule has 3 aromatic carbocycles. The number of anilines is 1. The molecule has 1 saturated heterocycles. The molecule has 192 valence electrons. The Morgan fingerprint density at radius 2 is 1.78 bits per heavy atom. The van der Waals surface area contributed by atoms with E-state index in [1.165, 1.54) is 51.7 Å². The summed E-state index contributed by atoms with van der Waals surface area (Å²) in [5.74, 6) is 0.630. The van der Waals surface area contributed by atoms with Crippen LogP contribution in [0.15, 0.2) is 72.8 Å². The van der Waals surface area contributed by atoms with Gasteiger partial charge in [0.2, 0.25) is 5.91 Å². The van der Waals surface area contributed by atoms with E-state index in [0.29, 0.717) is 5.92 Å². The number of amides is 1. The van der Waals surface area contributed by atoms with Crippen molar-refractivity contribution >= 4 is 22.5 Å². The van der Waals surface area contributed by atoms with Crippen LogP contribution in [0.25, 0.3) is 22.2 Å². The third kappa shape index (κ3) is 5.97. The number of benzene rings is 3. The maximum Gasteiger partial charge on any atom is 0.226 e. The average Bonchev–Trinajstić information content (AvgIpc) is 3.27. The van der Waals surface area contributed by atoms with Crippen LogP contribution in [0.1, 0.15) is 55.7 Å². The van der Waals surface area contributed by atoms with Crippen LogP contribution in [0.3, 0.4) is 0 Å². The number of carbonyl (C=O) groups is 1. The number of aryl methyl sites for hydroxylation is 2. The molecule has 1 amide bonds. The highest BCUT2D eigenvalue weighted by atomic mass is 16.1. The number of likely N-dealkylation sites (tertiary alicyclic amines) is 1. The molecule has 2 heterocycles. The molecule has 2 N–H and O–H groups in total. The number of aromatic nitrogens is 1. The zero-order valence-corrected chi connectivity index (χ0v) is 22.4. The van der Waals surface area contributed by atoms with Crippen LogP contribution in [-0.4, -0.2) is 35.4 Å². The fraction of sp³-hybridized carbons (Fsp3) is 0.364. The number of fused-ring (bicyclic) bond motifs is 1. The lowest BCUT2D eigenvalue weighted by molar-refractivity contribution is -0.118. The molecule has 1 aliphatic rings. The molecule has 0 aliphatic carbocycles. The molecule has 37 heavy (non-hydrogen) atoms. The Morgan fingerprint density at radius 1 is 1.00 bits per heavy atom. The van der Waals surface area contributed by atoms with E-state index < -0.39 is 0 Å². The van der Waals surface area contributed by atoms with E-state index in [-0.39, 0.29) is 11.8 Å². The first-order valence-corrected chi connectivity index (χ1v) is 13.8. The van der Waals surface area contributed by atoms with Gasteiger partial charge in [-0.3, -0.25) is 4.79 Å². The SMILES string of the molecule is Cc1ccc2[nH]c(-c3ccccc3)c(CCCN3CCC(c4cccc(NC(=O)C(C)C)c4)CC3)c2c1. The lowest BCUT2D eigenvalue weighted by atomic mass is 9.89. The number of nitrogens with zero attached hydrogens (tertiary/aromatic N) is 1. The molecule has 0 saturated carbocycles. The molecule has 1 aromatic heterocycles. The van der Waals surface area contributed by atoms with Crippen LogP contribution in [-0.2, 0) is 11.2 Å². The van der Waals surface area contributed by atoms with Crippen LogP contribution < -0.4 is 5.32 Å². The van der Waals surface area contributed by atoms with Crippen molar-refractivity contribution in [3.63, 3.8) is 0 Å². The van der Waals surface area contributed by atoms with Gasteiger partial charge in [0.15, 0.2) is 0 Å². The number of aromatic amines is 1. The Hall–Kier alpha value is -3.37. The van der Waals surface area contributed by atoms with Gasteiger partial charge in [-0.1, -0.05) is 67.9 Å². The highest BCUT2D eigenvalue weighted by molar-refractivity contribution is 5.92. The number of carbonyl (C=O) groups excluding carboxylic acids is 1. The summed E-state index contributed by atoms with van der Waals surface area (Å²) < 4.78 is 0. The molecule has 4 nitrogen and oxygen atoms in total. The minimum Gasteiger partial charge on any atom is -0.354 e. The minimum absolute atomic E-state index is 0.0102. The van der Waals surface area contributed by atoms with Crippen LogP contribution >= 0.6 is 0 Å². The summed E-state index contributed by atoms with van der Waals surface area (Å²) in [5.41, 5.74) is 8.78. The number of piperidine rings is 1. The van der Waals surface area contributed by atoms with E-state index in [9.17, 15) is 4.79 Å². The quantitative estimate of drug-likeness (QED) is 0.266. The number of hydrogen-bond acceptors (Lipinski definition) is 2. The van der Waals surface area contributed by atoms with Gasteiger partial charge in [0.25, 0.3) is 0 Å².